The van der Waals surface area contributed by atoms with E-state index in [1.807, 2.05) is 32.9 Å². The third-order valence-corrected chi connectivity index (χ3v) is 4.43. The number of thiophene rings is 1. The van der Waals surface area contributed by atoms with Crippen LogP contribution in [0.3, 0.4) is 0 Å². The van der Waals surface area contributed by atoms with Crippen molar-refractivity contribution in [3.05, 3.63) is 43.4 Å². The minimum absolute atomic E-state index is 0.131. The molecule has 90 valence electrons. The number of Topliss-reactive ketones (excluding diaryl/α,β-unsaturated/α-hetero) is 1. The minimum atomic E-state index is 0.131. The van der Waals surface area contributed by atoms with Gasteiger partial charge >= 0.3 is 0 Å². The Bertz CT molecular complexity index is 566. The van der Waals surface area contributed by atoms with Gasteiger partial charge in [0.05, 0.1) is 9.35 Å². The first-order chi connectivity index (χ1) is 7.99. The van der Waals surface area contributed by atoms with E-state index in [2.05, 4.69) is 15.9 Å². The van der Waals surface area contributed by atoms with Gasteiger partial charge in [-0.15, -0.1) is 11.3 Å². The molecule has 0 aliphatic carbocycles. The summed E-state index contributed by atoms with van der Waals surface area (Å²) in [7, 11) is 0. The van der Waals surface area contributed by atoms with Gasteiger partial charge in [0.2, 0.25) is 0 Å². The van der Waals surface area contributed by atoms with Crippen molar-refractivity contribution in [2.75, 3.05) is 0 Å². The predicted molar refractivity (Wildman–Crippen MR) is 73.0 cm³/mol. The first-order valence-electron chi connectivity index (χ1n) is 5.33. The summed E-state index contributed by atoms with van der Waals surface area (Å²) in [6.07, 6.45) is 0.441. The van der Waals surface area contributed by atoms with Crippen LogP contribution >= 0.6 is 27.3 Å². The Labute approximate surface area is 113 Å². The summed E-state index contributed by atoms with van der Waals surface area (Å²) in [4.78, 5) is 13.3. The van der Waals surface area contributed by atoms with Gasteiger partial charge in [0.25, 0.3) is 0 Å². The maximum atomic E-state index is 12.2. The Morgan fingerprint density at radius 3 is 2.47 bits per heavy atom. The largest absolute Gasteiger partial charge is 0.466 e. The van der Waals surface area contributed by atoms with Crippen LogP contribution in [0.4, 0.5) is 0 Å². The highest BCUT2D eigenvalue weighted by Crippen LogP contribution is 2.26. The Kier molecular flexibility index (Phi) is 3.54. The molecule has 2 rings (SSSR count). The Balaban J connectivity index is 2.26. The molecule has 0 aliphatic heterocycles. The molecule has 0 bridgehead atoms. The van der Waals surface area contributed by atoms with Gasteiger partial charge in [-0.1, -0.05) is 0 Å². The van der Waals surface area contributed by atoms with Crippen molar-refractivity contribution in [3.8, 4) is 0 Å². The zero-order valence-electron chi connectivity index (χ0n) is 9.96. The van der Waals surface area contributed by atoms with Crippen molar-refractivity contribution < 1.29 is 9.21 Å². The van der Waals surface area contributed by atoms with Crippen molar-refractivity contribution in [2.24, 2.45) is 0 Å². The lowest BCUT2D eigenvalue weighted by Gasteiger charge is -1.99. The average molecular weight is 313 g/mol. The van der Waals surface area contributed by atoms with Gasteiger partial charge in [-0.3, -0.25) is 4.79 Å². The van der Waals surface area contributed by atoms with Gasteiger partial charge in [-0.2, -0.15) is 0 Å². The topological polar surface area (TPSA) is 30.2 Å². The molecule has 2 nitrogen and oxygen atoms in total. The molecule has 0 aliphatic rings. The lowest BCUT2D eigenvalue weighted by atomic mass is 10.0. The smallest absolute Gasteiger partial charge is 0.171 e. The zero-order valence-corrected chi connectivity index (χ0v) is 12.4. The van der Waals surface area contributed by atoms with Crippen LogP contribution < -0.4 is 0 Å². The van der Waals surface area contributed by atoms with Gasteiger partial charge in [0.15, 0.2) is 5.78 Å². The molecule has 0 radical (unpaired) electrons. The van der Waals surface area contributed by atoms with Gasteiger partial charge in [0.1, 0.15) is 11.5 Å². The standard InChI is InChI=1S/C13H13BrO2S/c1-7-8(2)16-9(3)13(7)11(15)6-10-4-5-12(14)17-10/h4-5H,6H2,1-3H3. The van der Waals surface area contributed by atoms with E-state index in [0.29, 0.717) is 6.42 Å². The summed E-state index contributed by atoms with van der Waals surface area (Å²) in [5.41, 5.74) is 1.70. The second-order valence-electron chi connectivity index (χ2n) is 4.02. The number of furan rings is 1. The molecule has 2 aromatic heterocycles. The molecule has 17 heavy (non-hydrogen) atoms. The molecule has 0 unspecified atom stereocenters. The SMILES string of the molecule is Cc1oc(C)c(C(=O)Cc2ccc(Br)s2)c1C. The molecule has 0 fully saturated rings. The number of hydrogen-bond donors (Lipinski definition) is 0. The molecule has 0 N–H and O–H groups in total. The van der Waals surface area contributed by atoms with Crippen LogP contribution in [0.25, 0.3) is 0 Å². The number of carbonyl (C=O) groups is 1. The molecule has 0 spiro atoms. The Morgan fingerprint density at radius 2 is 2.00 bits per heavy atom. The maximum absolute atomic E-state index is 12.2. The molecule has 2 heterocycles. The van der Waals surface area contributed by atoms with Crippen molar-refractivity contribution >= 4 is 33.0 Å². The van der Waals surface area contributed by atoms with E-state index in [0.717, 1.165) is 31.3 Å². The van der Waals surface area contributed by atoms with Crippen LogP contribution in [0.15, 0.2) is 20.3 Å². The summed E-state index contributed by atoms with van der Waals surface area (Å²) < 4.78 is 6.54. The number of carbonyl (C=O) groups excluding carboxylic acids is 1. The zero-order chi connectivity index (χ0) is 12.6. The van der Waals surface area contributed by atoms with Crippen molar-refractivity contribution in [1.29, 1.82) is 0 Å². The third-order valence-electron chi connectivity index (χ3n) is 2.80. The summed E-state index contributed by atoms with van der Waals surface area (Å²) in [5.74, 6) is 1.69. The summed E-state index contributed by atoms with van der Waals surface area (Å²) in [5, 5.41) is 0. The predicted octanol–water partition coefficient (Wildman–Crippen LogP) is 4.45. The summed E-state index contributed by atoms with van der Waals surface area (Å²) in [6.45, 7) is 5.67. The van der Waals surface area contributed by atoms with Crippen LogP contribution in [0.2, 0.25) is 0 Å². The van der Waals surface area contributed by atoms with E-state index in [9.17, 15) is 4.79 Å². The first-order valence-corrected chi connectivity index (χ1v) is 6.94. The molecule has 4 heteroatoms. The van der Waals surface area contributed by atoms with Crippen molar-refractivity contribution in [1.82, 2.24) is 0 Å². The lowest BCUT2D eigenvalue weighted by molar-refractivity contribution is 0.0992. The molecule has 0 aromatic carbocycles. The average Bonchev–Trinajstić information content (AvgIpc) is 2.73. The van der Waals surface area contributed by atoms with E-state index >= 15 is 0 Å². The van der Waals surface area contributed by atoms with Crippen LogP contribution in [-0.2, 0) is 6.42 Å². The fourth-order valence-electron chi connectivity index (χ4n) is 1.90. The fourth-order valence-corrected chi connectivity index (χ4v) is 3.38. The number of rotatable bonds is 3. The highest BCUT2D eigenvalue weighted by Gasteiger charge is 2.19. The maximum Gasteiger partial charge on any atom is 0.171 e. The lowest BCUT2D eigenvalue weighted by Crippen LogP contribution is -2.04. The van der Waals surface area contributed by atoms with E-state index in [1.54, 1.807) is 11.3 Å². The third kappa shape index (κ3) is 2.53. The van der Waals surface area contributed by atoms with E-state index in [1.165, 1.54) is 0 Å². The van der Waals surface area contributed by atoms with Crippen LogP contribution in [0.1, 0.15) is 32.3 Å². The fraction of sp³-hybridized carbons (Fsp3) is 0.308. The van der Waals surface area contributed by atoms with Crippen LogP contribution in [0.5, 0.6) is 0 Å². The van der Waals surface area contributed by atoms with E-state index in [-0.39, 0.29) is 5.78 Å². The second-order valence-corrected chi connectivity index (χ2v) is 6.57. The van der Waals surface area contributed by atoms with Gasteiger partial charge < -0.3 is 4.42 Å². The molecule has 0 saturated carbocycles. The first kappa shape index (κ1) is 12.6. The highest BCUT2D eigenvalue weighted by atomic mass is 79.9. The monoisotopic (exact) mass is 312 g/mol. The Morgan fingerprint density at radius 1 is 1.29 bits per heavy atom. The quantitative estimate of drug-likeness (QED) is 0.783. The van der Waals surface area contributed by atoms with Crippen LogP contribution in [-0.4, -0.2) is 5.78 Å². The molecule has 0 saturated heterocycles. The van der Waals surface area contributed by atoms with Crippen molar-refractivity contribution in [2.45, 2.75) is 27.2 Å². The van der Waals surface area contributed by atoms with E-state index < -0.39 is 0 Å². The molecule has 2 aromatic rings. The number of ketones is 1. The number of halogens is 1. The molecular weight excluding hydrogens is 300 g/mol. The van der Waals surface area contributed by atoms with Gasteiger partial charge in [-0.25, -0.2) is 0 Å². The minimum Gasteiger partial charge on any atom is -0.466 e. The number of hydrogen-bond acceptors (Lipinski definition) is 3. The number of aryl methyl sites for hydroxylation is 2. The van der Waals surface area contributed by atoms with E-state index in [4.69, 9.17) is 4.42 Å². The summed E-state index contributed by atoms with van der Waals surface area (Å²) in [6, 6.07) is 3.94. The molecular formula is C13H13BrO2S. The van der Waals surface area contributed by atoms with Crippen molar-refractivity contribution in [3.63, 3.8) is 0 Å². The van der Waals surface area contributed by atoms with Gasteiger partial charge in [0, 0.05) is 16.9 Å². The highest BCUT2D eigenvalue weighted by molar-refractivity contribution is 9.11. The van der Waals surface area contributed by atoms with Gasteiger partial charge in [-0.05, 0) is 48.8 Å². The molecule has 0 amide bonds. The van der Waals surface area contributed by atoms with Crippen LogP contribution in [0, 0.1) is 20.8 Å². The summed E-state index contributed by atoms with van der Waals surface area (Å²) >= 11 is 4.99. The normalized spacial score (nSPS) is 10.8. The second kappa shape index (κ2) is 4.78. The molecule has 0 atom stereocenters. The Hall–Kier alpha value is -0.870.